The Morgan fingerprint density at radius 2 is 1.83 bits per heavy atom. The fourth-order valence-corrected chi connectivity index (χ4v) is 5.01. The lowest BCUT2D eigenvalue weighted by atomic mass is 9.95. The molecule has 0 spiro atoms. The van der Waals surface area contributed by atoms with Crippen LogP contribution in [-0.4, -0.2) is 50.3 Å². The highest BCUT2D eigenvalue weighted by Crippen LogP contribution is 2.20. The molecule has 3 atom stereocenters. The maximum absolute atomic E-state index is 12.6. The summed E-state index contributed by atoms with van der Waals surface area (Å²) in [5, 5.41) is 12.7. The van der Waals surface area contributed by atoms with Crippen molar-refractivity contribution in [1.29, 1.82) is 0 Å². The third-order valence-corrected chi connectivity index (χ3v) is 6.92. The van der Waals surface area contributed by atoms with Crippen molar-refractivity contribution in [2.75, 3.05) is 6.61 Å². The van der Waals surface area contributed by atoms with Gasteiger partial charge in [0.25, 0.3) is 0 Å². The van der Waals surface area contributed by atoms with Gasteiger partial charge in [0, 0.05) is 6.04 Å². The van der Waals surface area contributed by atoms with E-state index >= 15 is 0 Å². The summed E-state index contributed by atoms with van der Waals surface area (Å²) in [5.41, 5.74) is 0.965. The van der Waals surface area contributed by atoms with Crippen LogP contribution in [0.4, 0.5) is 0 Å². The van der Waals surface area contributed by atoms with Gasteiger partial charge in [-0.05, 0) is 31.9 Å². The van der Waals surface area contributed by atoms with Gasteiger partial charge in [-0.15, -0.1) is 0 Å². The van der Waals surface area contributed by atoms with Crippen molar-refractivity contribution >= 4 is 15.9 Å². The van der Waals surface area contributed by atoms with E-state index in [4.69, 9.17) is 4.74 Å². The first-order chi connectivity index (χ1) is 13.9. The summed E-state index contributed by atoms with van der Waals surface area (Å²) in [6.07, 6.45) is 7.78. The smallest absolute Gasteiger partial charge is 0.241 e. The third kappa shape index (κ3) is 6.12. The number of hydrogen-bond donors (Lipinski definition) is 3. The Balaban J connectivity index is 1.59. The van der Waals surface area contributed by atoms with Gasteiger partial charge in [-0.3, -0.25) is 4.79 Å². The normalized spacial score (nSPS) is 25.7. The van der Waals surface area contributed by atoms with E-state index in [1.54, 1.807) is 24.3 Å². The van der Waals surface area contributed by atoms with Crippen molar-refractivity contribution in [1.82, 2.24) is 10.0 Å². The van der Waals surface area contributed by atoms with E-state index in [9.17, 15) is 18.3 Å². The van der Waals surface area contributed by atoms with Crippen molar-refractivity contribution in [3.8, 4) is 0 Å². The second-order valence-corrected chi connectivity index (χ2v) is 9.56. The number of aliphatic hydroxyl groups excluding tert-OH is 1. The van der Waals surface area contributed by atoms with Crippen molar-refractivity contribution < 1.29 is 23.1 Å². The first kappa shape index (κ1) is 22.0. The Morgan fingerprint density at radius 3 is 2.48 bits per heavy atom. The second kappa shape index (κ2) is 9.84. The van der Waals surface area contributed by atoms with Gasteiger partial charge < -0.3 is 15.2 Å². The van der Waals surface area contributed by atoms with Gasteiger partial charge in [0.05, 0.1) is 30.1 Å². The minimum Gasteiger partial charge on any atom is -0.394 e. The number of carbonyl (C=O) groups excluding carboxylic acids is 1. The molecule has 1 heterocycles. The van der Waals surface area contributed by atoms with Gasteiger partial charge in [-0.1, -0.05) is 49.1 Å². The molecule has 0 unspecified atom stereocenters. The number of hydrogen-bond acceptors (Lipinski definition) is 5. The van der Waals surface area contributed by atoms with Crippen molar-refractivity contribution in [3.05, 3.63) is 42.0 Å². The predicted octanol–water partition coefficient (Wildman–Crippen LogP) is 1.80. The summed E-state index contributed by atoms with van der Waals surface area (Å²) in [4.78, 5) is 12.5. The van der Waals surface area contributed by atoms with E-state index in [1.165, 1.54) is 18.6 Å². The lowest BCUT2D eigenvalue weighted by Crippen LogP contribution is -2.49. The molecule has 1 fully saturated rings. The summed E-state index contributed by atoms with van der Waals surface area (Å²) < 4.78 is 33.6. The van der Waals surface area contributed by atoms with Crippen molar-refractivity contribution in [2.45, 2.75) is 74.6 Å². The number of aryl methyl sites for hydroxylation is 1. The van der Waals surface area contributed by atoms with E-state index in [2.05, 4.69) is 10.0 Å². The average molecular weight is 423 g/mol. The number of carbonyl (C=O) groups is 1. The molecule has 0 saturated heterocycles. The maximum atomic E-state index is 12.6. The highest BCUT2D eigenvalue weighted by atomic mass is 32.2. The Labute approximate surface area is 172 Å². The zero-order valence-corrected chi connectivity index (χ0v) is 17.5. The molecule has 1 amide bonds. The third-order valence-electron chi connectivity index (χ3n) is 5.44. The lowest BCUT2D eigenvalue weighted by Gasteiger charge is -2.32. The van der Waals surface area contributed by atoms with Gasteiger partial charge in [0.1, 0.15) is 6.10 Å². The molecule has 1 aromatic rings. The lowest BCUT2D eigenvalue weighted by molar-refractivity contribution is -0.126. The Morgan fingerprint density at radius 1 is 1.14 bits per heavy atom. The SMILES string of the molecule is Cc1ccc(S(=O)(=O)N[C@H]2C=C[C@H](CC(=O)NC3CCCCC3)O[C@@H]2CO)cc1. The van der Waals surface area contributed by atoms with E-state index < -0.39 is 28.3 Å². The number of sulfonamides is 1. The van der Waals surface area contributed by atoms with Gasteiger partial charge >= 0.3 is 0 Å². The molecule has 7 nitrogen and oxygen atoms in total. The monoisotopic (exact) mass is 422 g/mol. The van der Waals surface area contributed by atoms with Gasteiger partial charge in [0.2, 0.25) is 15.9 Å². The van der Waals surface area contributed by atoms with Crippen LogP contribution in [-0.2, 0) is 19.6 Å². The molecular weight excluding hydrogens is 392 g/mol. The van der Waals surface area contributed by atoms with Crippen LogP contribution in [0.15, 0.2) is 41.3 Å². The fraction of sp³-hybridized carbons (Fsp3) is 0.571. The Bertz CT molecular complexity index is 816. The molecule has 160 valence electrons. The Kier molecular flexibility index (Phi) is 7.45. The molecule has 3 N–H and O–H groups in total. The number of benzene rings is 1. The van der Waals surface area contributed by atoms with E-state index in [1.807, 2.05) is 6.92 Å². The highest BCUT2D eigenvalue weighted by molar-refractivity contribution is 7.89. The number of ether oxygens (including phenoxy) is 1. The molecular formula is C21H30N2O5S. The van der Waals surface area contributed by atoms with Gasteiger partial charge in [-0.25, -0.2) is 13.1 Å². The minimum absolute atomic E-state index is 0.0816. The highest BCUT2D eigenvalue weighted by Gasteiger charge is 2.31. The zero-order chi connectivity index (χ0) is 20.9. The minimum atomic E-state index is -3.75. The van der Waals surface area contributed by atoms with Crippen LogP contribution in [0.1, 0.15) is 44.1 Å². The molecule has 29 heavy (non-hydrogen) atoms. The van der Waals surface area contributed by atoms with Crippen LogP contribution in [0.25, 0.3) is 0 Å². The van der Waals surface area contributed by atoms with E-state index in [0.29, 0.717) is 0 Å². The summed E-state index contributed by atoms with van der Waals surface area (Å²) in [6.45, 7) is 1.53. The largest absolute Gasteiger partial charge is 0.394 e. The summed E-state index contributed by atoms with van der Waals surface area (Å²) >= 11 is 0. The molecule has 1 aromatic carbocycles. The molecule has 0 aromatic heterocycles. The summed E-state index contributed by atoms with van der Waals surface area (Å²) in [5.74, 6) is -0.0816. The molecule has 8 heteroatoms. The van der Waals surface area contributed by atoms with Crippen molar-refractivity contribution in [3.63, 3.8) is 0 Å². The molecule has 0 bridgehead atoms. The van der Waals surface area contributed by atoms with Crippen LogP contribution >= 0.6 is 0 Å². The standard InChI is InChI=1S/C21H30N2O5S/c1-15-7-10-18(11-8-15)29(26,27)23-19-12-9-17(28-20(19)14-24)13-21(25)22-16-5-3-2-4-6-16/h7-12,16-17,19-20,23-24H,2-6,13-14H2,1H3,(H,22,25)/t17-,19+,20-/m1/s1. The van der Waals surface area contributed by atoms with E-state index in [0.717, 1.165) is 31.2 Å². The van der Waals surface area contributed by atoms with Gasteiger partial charge in [0.15, 0.2) is 0 Å². The zero-order valence-electron chi connectivity index (χ0n) is 16.7. The first-order valence-electron chi connectivity index (χ1n) is 10.2. The van der Waals surface area contributed by atoms with Gasteiger partial charge in [-0.2, -0.15) is 0 Å². The van der Waals surface area contributed by atoms with Crippen LogP contribution in [0.5, 0.6) is 0 Å². The van der Waals surface area contributed by atoms with Crippen LogP contribution < -0.4 is 10.0 Å². The quantitative estimate of drug-likeness (QED) is 0.581. The molecule has 2 aliphatic rings. The van der Waals surface area contributed by atoms with Crippen LogP contribution in [0.2, 0.25) is 0 Å². The fourth-order valence-electron chi connectivity index (χ4n) is 3.79. The first-order valence-corrected chi connectivity index (χ1v) is 11.7. The molecule has 1 aliphatic heterocycles. The molecule has 3 rings (SSSR count). The second-order valence-electron chi connectivity index (χ2n) is 7.85. The summed E-state index contributed by atoms with van der Waals surface area (Å²) in [6, 6.07) is 6.06. The average Bonchev–Trinajstić information content (AvgIpc) is 2.70. The topological polar surface area (TPSA) is 105 Å². The Hall–Kier alpha value is -1.74. The maximum Gasteiger partial charge on any atom is 0.241 e. The number of aliphatic hydroxyl groups is 1. The predicted molar refractivity (Wildman–Crippen MR) is 110 cm³/mol. The van der Waals surface area contributed by atoms with Crippen molar-refractivity contribution in [2.24, 2.45) is 0 Å². The molecule has 0 radical (unpaired) electrons. The van der Waals surface area contributed by atoms with Crippen LogP contribution in [0, 0.1) is 6.92 Å². The number of nitrogens with one attached hydrogen (secondary N) is 2. The number of rotatable bonds is 7. The number of amides is 1. The van der Waals surface area contributed by atoms with E-state index in [-0.39, 0.29) is 29.9 Å². The molecule has 1 saturated carbocycles. The summed E-state index contributed by atoms with van der Waals surface area (Å²) in [7, 11) is -3.75. The van der Waals surface area contributed by atoms with Crippen LogP contribution in [0.3, 0.4) is 0 Å². The molecule has 1 aliphatic carbocycles.